The summed E-state index contributed by atoms with van der Waals surface area (Å²) in [4.78, 5) is 12.1. The number of anilines is 2. The molecular formula is C16H24N2O3. The van der Waals surface area contributed by atoms with E-state index in [9.17, 15) is 4.79 Å². The van der Waals surface area contributed by atoms with E-state index in [2.05, 4.69) is 5.32 Å². The molecule has 2 atom stereocenters. The van der Waals surface area contributed by atoms with Crippen LogP contribution in [-0.2, 0) is 14.3 Å². The molecule has 116 valence electrons. The van der Waals surface area contributed by atoms with Crippen LogP contribution in [0, 0.1) is 6.92 Å². The number of rotatable bonds is 5. The summed E-state index contributed by atoms with van der Waals surface area (Å²) in [5, 5.41) is 2.85. The Labute approximate surface area is 125 Å². The summed E-state index contributed by atoms with van der Waals surface area (Å²) in [5.41, 5.74) is 8.09. The molecule has 21 heavy (non-hydrogen) atoms. The maximum atomic E-state index is 12.1. The van der Waals surface area contributed by atoms with Crippen LogP contribution in [0.4, 0.5) is 11.4 Å². The van der Waals surface area contributed by atoms with Gasteiger partial charge in [-0.25, -0.2) is 0 Å². The van der Waals surface area contributed by atoms with Crippen LogP contribution < -0.4 is 11.1 Å². The van der Waals surface area contributed by atoms with Crippen LogP contribution in [0.1, 0.15) is 31.7 Å². The number of nitrogens with two attached hydrogens (primary N) is 1. The van der Waals surface area contributed by atoms with Crippen molar-refractivity contribution >= 4 is 17.3 Å². The minimum Gasteiger partial charge on any atom is -0.398 e. The van der Waals surface area contributed by atoms with Crippen LogP contribution in [-0.4, -0.2) is 31.3 Å². The highest BCUT2D eigenvalue weighted by Gasteiger charge is 2.19. The fraction of sp³-hybridized carbons (Fsp3) is 0.562. The van der Waals surface area contributed by atoms with E-state index >= 15 is 0 Å². The Morgan fingerprint density at radius 3 is 3.05 bits per heavy atom. The Morgan fingerprint density at radius 2 is 2.33 bits per heavy atom. The molecule has 0 aromatic heterocycles. The third kappa shape index (κ3) is 4.44. The highest BCUT2D eigenvalue weighted by Crippen LogP contribution is 2.21. The SMILES string of the molecule is Cc1c(N)cccc1NC(=O)C(C)OCC1CCCCO1. The number of nitrogens with one attached hydrogen (secondary N) is 1. The first-order chi connectivity index (χ1) is 10.1. The van der Waals surface area contributed by atoms with Crippen molar-refractivity contribution in [1.82, 2.24) is 0 Å². The number of hydrogen-bond acceptors (Lipinski definition) is 4. The Kier molecular flexibility index (Phi) is 5.59. The maximum absolute atomic E-state index is 12.1. The molecule has 2 unspecified atom stereocenters. The van der Waals surface area contributed by atoms with Gasteiger partial charge in [-0.2, -0.15) is 0 Å². The van der Waals surface area contributed by atoms with Gasteiger partial charge in [-0.3, -0.25) is 4.79 Å². The average molecular weight is 292 g/mol. The Morgan fingerprint density at radius 1 is 1.52 bits per heavy atom. The first-order valence-electron chi connectivity index (χ1n) is 7.47. The fourth-order valence-corrected chi connectivity index (χ4v) is 2.29. The number of carbonyl (C=O) groups excluding carboxylic acids is 1. The van der Waals surface area contributed by atoms with Crippen molar-refractivity contribution in [3.63, 3.8) is 0 Å². The van der Waals surface area contributed by atoms with Crippen molar-refractivity contribution in [2.75, 3.05) is 24.3 Å². The van der Waals surface area contributed by atoms with E-state index in [0.717, 1.165) is 37.1 Å². The lowest BCUT2D eigenvalue weighted by atomic mass is 10.1. The average Bonchev–Trinajstić information content (AvgIpc) is 2.50. The van der Waals surface area contributed by atoms with E-state index in [-0.39, 0.29) is 12.0 Å². The molecule has 1 amide bonds. The zero-order valence-corrected chi connectivity index (χ0v) is 12.7. The predicted octanol–water partition coefficient (Wildman–Crippen LogP) is 2.49. The van der Waals surface area contributed by atoms with Crippen molar-refractivity contribution in [2.45, 2.75) is 45.3 Å². The van der Waals surface area contributed by atoms with Gasteiger partial charge < -0.3 is 20.5 Å². The maximum Gasteiger partial charge on any atom is 0.253 e. The van der Waals surface area contributed by atoms with Gasteiger partial charge in [0.1, 0.15) is 6.10 Å². The number of benzene rings is 1. The molecule has 5 heteroatoms. The van der Waals surface area contributed by atoms with Crippen molar-refractivity contribution in [1.29, 1.82) is 0 Å². The lowest BCUT2D eigenvalue weighted by molar-refractivity contribution is -0.130. The standard InChI is InChI=1S/C16H24N2O3/c1-11-14(17)7-5-8-15(11)18-16(19)12(2)21-10-13-6-3-4-9-20-13/h5,7-8,12-13H,3-4,6,9-10,17H2,1-2H3,(H,18,19). The molecule has 0 aliphatic carbocycles. The molecule has 2 rings (SSSR count). The molecule has 0 radical (unpaired) electrons. The Hall–Kier alpha value is -1.59. The molecule has 0 bridgehead atoms. The Balaban J connectivity index is 1.83. The van der Waals surface area contributed by atoms with E-state index in [0.29, 0.717) is 12.3 Å². The molecule has 0 saturated carbocycles. The second-order valence-corrected chi connectivity index (χ2v) is 5.47. The second-order valence-electron chi connectivity index (χ2n) is 5.47. The summed E-state index contributed by atoms with van der Waals surface area (Å²) >= 11 is 0. The lowest BCUT2D eigenvalue weighted by Crippen LogP contribution is -2.32. The van der Waals surface area contributed by atoms with Gasteiger partial charge in [-0.15, -0.1) is 0 Å². The summed E-state index contributed by atoms with van der Waals surface area (Å²) < 4.78 is 11.2. The number of carbonyl (C=O) groups is 1. The van der Waals surface area contributed by atoms with E-state index in [4.69, 9.17) is 15.2 Å². The van der Waals surface area contributed by atoms with E-state index < -0.39 is 6.10 Å². The molecule has 1 saturated heterocycles. The number of nitrogen functional groups attached to an aromatic ring is 1. The predicted molar refractivity (Wildman–Crippen MR) is 83.2 cm³/mol. The third-order valence-electron chi connectivity index (χ3n) is 3.81. The van der Waals surface area contributed by atoms with Crippen LogP contribution in [0.3, 0.4) is 0 Å². The number of ether oxygens (including phenoxy) is 2. The van der Waals surface area contributed by atoms with Gasteiger partial charge in [0.15, 0.2) is 0 Å². The van der Waals surface area contributed by atoms with Crippen LogP contribution in [0.2, 0.25) is 0 Å². The second kappa shape index (κ2) is 7.43. The summed E-state index contributed by atoms with van der Waals surface area (Å²) in [6.07, 6.45) is 2.88. The third-order valence-corrected chi connectivity index (χ3v) is 3.81. The molecule has 1 aliphatic rings. The summed E-state index contributed by atoms with van der Waals surface area (Å²) in [5.74, 6) is -0.167. The first kappa shape index (κ1) is 15.8. The topological polar surface area (TPSA) is 73.6 Å². The molecule has 3 N–H and O–H groups in total. The van der Waals surface area contributed by atoms with E-state index in [1.54, 1.807) is 6.92 Å². The van der Waals surface area contributed by atoms with Gasteiger partial charge in [0.2, 0.25) is 0 Å². The molecule has 1 heterocycles. The van der Waals surface area contributed by atoms with Crippen LogP contribution in [0.15, 0.2) is 18.2 Å². The highest BCUT2D eigenvalue weighted by molar-refractivity contribution is 5.95. The molecule has 5 nitrogen and oxygen atoms in total. The summed E-state index contributed by atoms with van der Waals surface area (Å²) in [7, 11) is 0. The van der Waals surface area contributed by atoms with E-state index in [1.165, 1.54) is 0 Å². The largest absolute Gasteiger partial charge is 0.398 e. The highest BCUT2D eigenvalue weighted by atomic mass is 16.5. The normalized spacial score (nSPS) is 20.0. The van der Waals surface area contributed by atoms with Gasteiger partial charge >= 0.3 is 0 Å². The minimum atomic E-state index is -0.517. The molecule has 1 fully saturated rings. The summed E-state index contributed by atoms with van der Waals surface area (Å²) in [6.45, 7) is 4.88. The fourth-order valence-electron chi connectivity index (χ4n) is 2.29. The number of amides is 1. The van der Waals surface area contributed by atoms with Crippen LogP contribution in [0.5, 0.6) is 0 Å². The van der Waals surface area contributed by atoms with Crippen LogP contribution >= 0.6 is 0 Å². The smallest absolute Gasteiger partial charge is 0.253 e. The molecule has 0 spiro atoms. The van der Waals surface area contributed by atoms with Gasteiger partial charge in [0.05, 0.1) is 12.7 Å². The zero-order chi connectivity index (χ0) is 15.2. The Bertz CT molecular complexity index is 484. The minimum absolute atomic E-state index is 0.114. The monoisotopic (exact) mass is 292 g/mol. The molecule has 1 aromatic rings. The van der Waals surface area contributed by atoms with E-state index in [1.807, 2.05) is 25.1 Å². The van der Waals surface area contributed by atoms with Gasteiger partial charge in [0.25, 0.3) is 5.91 Å². The van der Waals surface area contributed by atoms with Gasteiger partial charge in [0, 0.05) is 18.0 Å². The van der Waals surface area contributed by atoms with Gasteiger partial charge in [-0.1, -0.05) is 6.07 Å². The van der Waals surface area contributed by atoms with Crippen molar-refractivity contribution < 1.29 is 14.3 Å². The zero-order valence-electron chi connectivity index (χ0n) is 12.7. The quantitative estimate of drug-likeness (QED) is 0.818. The first-order valence-corrected chi connectivity index (χ1v) is 7.47. The molecule has 1 aliphatic heterocycles. The molecular weight excluding hydrogens is 268 g/mol. The molecule has 1 aromatic carbocycles. The summed E-state index contributed by atoms with van der Waals surface area (Å²) in [6, 6.07) is 5.46. The van der Waals surface area contributed by atoms with Crippen molar-refractivity contribution in [3.05, 3.63) is 23.8 Å². The van der Waals surface area contributed by atoms with Gasteiger partial charge in [-0.05, 0) is 50.8 Å². The number of hydrogen-bond donors (Lipinski definition) is 2. The van der Waals surface area contributed by atoms with Crippen molar-refractivity contribution in [3.8, 4) is 0 Å². The van der Waals surface area contributed by atoms with Crippen LogP contribution in [0.25, 0.3) is 0 Å². The van der Waals surface area contributed by atoms with Crippen molar-refractivity contribution in [2.24, 2.45) is 0 Å². The lowest BCUT2D eigenvalue weighted by Gasteiger charge is -2.24.